The zero-order valence-corrected chi connectivity index (χ0v) is 18.3. The van der Waals surface area contributed by atoms with Crippen LogP contribution in [0.1, 0.15) is 49.6 Å². The summed E-state index contributed by atoms with van der Waals surface area (Å²) in [5, 5.41) is 4.86. The number of aromatic nitrogens is 2. The van der Waals surface area contributed by atoms with Gasteiger partial charge in [-0.05, 0) is 57.4 Å². The lowest BCUT2D eigenvalue weighted by Crippen LogP contribution is -2.23. The van der Waals surface area contributed by atoms with E-state index in [0.29, 0.717) is 5.16 Å². The lowest BCUT2D eigenvalue weighted by atomic mass is 10.1. The van der Waals surface area contributed by atoms with Crippen molar-refractivity contribution in [2.24, 2.45) is 5.10 Å². The summed E-state index contributed by atoms with van der Waals surface area (Å²) in [6, 6.07) is 10.4. The molecule has 1 aromatic heterocycles. The van der Waals surface area contributed by atoms with Gasteiger partial charge < -0.3 is 4.90 Å². The first-order chi connectivity index (χ1) is 14.0. The highest BCUT2D eigenvalue weighted by atomic mass is 32.2. The molecule has 0 aliphatic carbocycles. The van der Waals surface area contributed by atoms with Crippen molar-refractivity contribution in [3.05, 3.63) is 47.3 Å². The third-order valence-corrected chi connectivity index (χ3v) is 5.75. The molecule has 1 N–H and O–H groups in total. The number of amides is 1. The number of nitrogens with zero attached hydrogens (tertiary/aromatic N) is 4. The average molecular weight is 412 g/mol. The van der Waals surface area contributed by atoms with Crippen molar-refractivity contribution in [3.63, 3.8) is 0 Å². The van der Waals surface area contributed by atoms with Crippen molar-refractivity contribution < 1.29 is 4.79 Å². The Hall–Kier alpha value is -2.41. The van der Waals surface area contributed by atoms with E-state index >= 15 is 0 Å². The topological polar surface area (TPSA) is 70.5 Å². The van der Waals surface area contributed by atoms with E-state index in [1.54, 1.807) is 0 Å². The zero-order valence-electron chi connectivity index (χ0n) is 17.4. The van der Waals surface area contributed by atoms with Crippen LogP contribution in [0.5, 0.6) is 0 Å². The van der Waals surface area contributed by atoms with E-state index in [2.05, 4.69) is 49.7 Å². The molecular weight excluding hydrogens is 382 g/mol. The van der Waals surface area contributed by atoms with Crippen LogP contribution in [0.3, 0.4) is 0 Å². The molecule has 0 bridgehead atoms. The number of aryl methyl sites for hydroxylation is 2. The van der Waals surface area contributed by atoms with Crippen molar-refractivity contribution in [1.29, 1.82) is 0 Å². The molecule has 0 radical (unpaired) electrons. The molecule has 1 amide bonds. The first-order valence-electron chi connectivity index (χ1n) is 10.1. The largest absolute Gasteiger partial charge is 0.372 e. The highest BCUT2D eigenvalue weighted by Gasteiger charge is 2.10. The average Bonchev–Trinajstić information content (AvgIpc) is 2.99. The maximum atomic E-state index is 12.1. The summed E-state index contributed by atoms with van der Waals surface area (Å²) in [5.74, 6) is 0.0615. The number of benzene rings is 1. The number of rotatable bonds is 6. The smallest absolute Gasteiger partial charge is 0.250 e. The van der Waals surface area contributed by atoms with E-state index in [-0.39, 0.29) is 11.7 Å². The fraction of sp³-hybridized carbons (Fsp3) is 0.455. The van der Waals surface area contributed by atoms with Gasteiger partial charge in [-0.15, -0.1) is 0 Å². The first kappa shape index (κ1) is 21.3. The zero-order chi connectivity index (χ0) is 20.6. The monoisotopic (exact) mass is 411 g/mol. The molecule has 1 fully saturated rings. The molecule has 1 aliphatic rings. The van der Waals surface area contributed by atoms with Crippen LogP contribution in [0.25, 0.3) is 0 Å². The lowest BCUT2D eigenvalue weighted by Gasteiger charge is -2.22. The fourth-order valence-electron chi connectivity index (χ4n) is 3.37. The number of hydrazone groups is 1. The fourth-order valence-corrected chi connectivity index (χ4v) is 4.12. The van der Waals surface area contributed by atoms with E-state index in [9.17, 15) is 4.79 Å². The van der Waals surface area contributed by atoms with Crippen LogP contribution < -0.4 is 10.3 Å². The number of carbonyl (C=O) groups is 1. The van der Waals surface area contributed by atoms with Crippen molar-refractivity contribution in [2.45, 2.75) is 51.6 Å². The molecule has 1 aromatic carbocycles. The van der Waals surface area contributed by atoms with Gasteiger partial charge in [0, 0.05) is 30.2 Å². The van der Waals surface area contributed by atoms with Crippen LogP contribution in [0, 0.1) is 13.8 Å². The molecule has 0 atom stereocenters. The van der Waals surface area contributed by atoms with Crippen LogP contribution in [0.2, 0.25) is 0 Å². The highest BCUT2D eigenvalue weighted by Crippen LogP contribution is 2.20. The quantitative estimate of drug-likeness (QED) is 0.335. The van der Waals surface area contributed by atoms with E-state index in [4.69, 9.17) is 0 Å². The minimum absolute atomic E-state index is 0.168. The molecule has 0 unspecified atom stereocenters. The molecular formula is C22H29N5OS. The number of nitrogens with one attached hydrogen (secondary N) is 1. The van der Waals surface area contributed by atoms with Gasteiger partial charge in [-0.3, -0.25) is 4.79 Å². The SMILES string of the molecule is CC(=NNC(=O)CSc1nc(C)cc(C)n1)c1ccc(N2CCCCCC2)cc1. The summed E-state index contributed by atoms with van der Waals surface area (Å²) < 4.78 is 0. The summed E-state index contributed by atoms with van der Waals surface area (Å²) in [4.78, 5) is 23.2. The van der Waals surface area contributed by atoms with Crippen LogP contribution in [-0.4, -0.2) is 40.4 Å². The van der Waals surface area contributed by atoms with Gasteiger partial charge in [0.05, 0.1) is 11.5 Å². The highest BCUT2D eigenvalue weighted by molar-refractivity contribution is 7.99. The standard InChI is InChI=1S/C22H29N5OS/c1-16-14-17(2)24-22(23-16)29-15-21(28)26-25-18(3)19-8-10-20(11-9-19)27-12-6-4-5-7-13-27/h8-11,14H,4-7,12-13,15H2,1-3H3,(H,26,28). The van der Waals surface area contributed by atoms with Crippen LogP contribution >= 0.6 is 11.8 Å². The Labute approximate surface area is 177 Å². The molecule has 3 rings (SSSR count). The summed E-state index contributed by atoms with van der Waals surface area (Å²) in [5.41, 5.74) is 7.49. The second-order valence-corrected chi connectivity index (χ2v) is 8.34. The molecule has 6 nitrogen and oxygen atoms in total. The number of anilines is 1. The maximum absolute atomic E-state index is 12.1. The molecule has 2 aromatic rings. The summed E-state index contributed by atoms with van der Waals surface area (Å²) in [7, 11) is 0. The van der Waals surface area contributed by atoms with Crippen molar-refractivity contribution in [2.75, 3.05) is 23.7 Å². The Bertz CT molecular complexity index is 838. The maximum Gasteiger partial charge on any atom is 0.250 e. The van der Waals surface area contributed by atoms with Crippen LogP contribution in [-0.2, 0) is 4.79 Å². The Kier molecular flexibility index (Phi) is 7.63. The Morgan fingerprint density at radius 2 is 1.69 bits per heavy atom. The Morgan fingerprint density at radius 1 is 1.07 bits per heavy atom. The van der Waals surface area contributed by atoms with Gasteiger partial charge in [0.15, 0.2) is 5.16 Å². The van der Waals surface area contributed by atoms with Gasteiger partial charge in [0.2, 0.25) is 0 Å². The van der Waals surface area contributed by atoms with Gasteiger partial charge in [-0.25, -0.2) is 15.4 Å². The molecule has 7 heteroatoms. The molecule has 1 aliphatic heterocycles. The number of hydrogen-bond acceptors (Lipinski definition) is 6. The third-order valence-electron chi connectivity index (χ3n) is 4.90. The van der Waals surface area contributed by atoms with Gasteiger partial charge in [-0.1, -0.05) is 36.7 Å². The van der Waals surface area contributed by atoms with Crippen molar-refractivity contribution >= 4 is 29.1 Å². The first-order valence-corrected chi connectivity index (χ1v) is 11.1. The van der Waals surface area contributed by atoms with E-state index in [0.717, 1.165) is 35.8 Å². The number of thioether (sulfide) groups is 1. The molecule has 0 saturated carbocycles. The van der Waals surface area contributed by atoms with Crippen molar-refractivity contribution in [3.8, 4) is 0 Å². The van der Waals surface area contributed by atoms with E-state index in [1.807, 2.05) is 26.8 Å². The minimum Gasteiger partial charge on any atom is -0.372 e. The summed E-state index contributed by atoms with van der Waals surface area (Å²) >= 11 is 1.31. The lowest BCUT2D eigenvalue weighted by molar-refractivity contribution is -0.118. The number of hydrogen-bond donors (Lipinski definition) is 1. The molecule has 2 heterocycles. The molecule has 0 spiro atoms. The van der Waals surface area contributed by atoms with Crippen LogP contribution in [0.4, 0.5) is 5.69 Å². The normalized spacial score (nSPS) is 15.1. The van der Waals surface area contributed by atoms with E-state index in [1.165, 1.54) is 43.1 Å². The summed E-state index contributed by atoms with van der Waals surface area (Å²) in [6.07, 6.45) is 5.18. The second-order valence-electron chi connectivity index (χ2n) is 7.40. The molecule has 1 saturated heterocycles. The second kappa shape index (κ2) is 10.4. The number of carbonyl (C=O) groups excluding carboxylic acids is 1. The Morgan fingerprint density at radius 3 is 2.31 bits per heavy atom. The minimum atomic E-state index is -0.168. The van der Waals surface area contributed by atoms with Gasteiger partial charge in [-0.2, -0.15) is 5.10 Å². The van der Waals surface area contributed by atoms with Crippen LogP contribution in [0.15, 0.2) is 40.6 Å². The summed E-state index contributed by atoms with van der Waals surface area (Å²) in [6.45, 7) is 8.01. The van der Waals surface area contributed by atoms with Gasteiger partial charge in [0.25, 0.3) is 5.91 Å². The predicted octanol–water partition coefficient (Wildman–Crippen LogP) is 4.11. The third kappa shape index (κ3) is 6.56. The van der Waals surface area contributed by atoms with Gasteiger partial charge in [0.1, 0.15) is 0 Å². The van der Waals surface area contributed by atoms with Crippen molar-refractivity contribution in [1.82, 2.24) is 15.4 Å². The molecule has 29 heavy (non-hydrogen) atoms. The predicted molar refractivity (Wildman–Crippen MR) is 120 cm³/mol. The molecule has 154 valence electrons. The van der Waals surface area contributed by atoms with E-state index < -0.39 is 0 Å². The van der Waals surface area contributed by atoms with Gasteiger partial charge >= 0.3 is 0 Å². The Balaban J connectivity index is 1.52.